The number of hydrogen-bond acceptors (Lipinski definition) is 3. The summed E-state index contributed by atoms with van der Waals surface area (Å²) in [6.45, 7) is 0. The first kappa shape index (κ1) is 15.9. The molecule has 0 fully saturated rings. The molecular formula is C19H17NOS. The van der Waals surface area contributed by atoms with Crippen LogP contribution in [-0.2, 0) is 17.6 Å². The van der Waals surface area contributed by atoms with Crippen LogP contribution in [-0.4, -0.2) is 12.2 Å². The molecule has 2 aromatic rings. The predicted octanol–water partition coefficient (Wildman–Crippen LogP) is 4.27. The average molecular weight is 307 g/mol. The minimum absolute atomic E-state index is 0.254. The zero-order valence-electron chi connectivity index (χ0n) is 12.5. The van der Waals surface area contributed by atoms with Crippen LogP contribution in [0.25, 0.3) is 0 Å². The third-order valence-electron chi connectivity index (χ3n) is 3.38. The summed E-state index contributed by atoms with van der Waals surface area (Å²) in [7, 11) is 1.50. The molecule has 0 atom stereocenters. The van der Waals surface area contributed by atoms with E-state index in [1.807, 2.05) is 36.4 Å². The van der Waals surface area contributed by atoms with E-state index in [4.69, 9.17) is 17.0 Å². The van der Waals surface area contributed by atoms with Gasteiger partial charge in [0, 0.05) is 0 Å². The van der Waals surface area contributed by atoms with Crippen LogP contribution >= 0.6 is 12.2 Å². The maximum atomic E-state index is 9.48. The highest BCUT2D eigenvalue weighted by molar-refractivity contribution is 7.80. The van der Waals surface area contributed by atoms with Crippen LogP contribution in [0.3, 0.4) is 0 Å². The van der Waals surface area contributed by atoms with Crippen LogP contribution in [0, 0.1) is 11.3 Å². The van der Waals surface area contributed by atoms with Crippen molar-refractivity contribution in [2.24, 2.45) is 0 Å². The number of thiocarbonyl (C=S) groups is 1. The number of methoxy groups -OCH3 is 1. The van der Waals surface area contributed by atoms with Gasteiger partial charge in [-0.3, -0.25) is 0 Å². The Morgan fingerprint density at radius 2 is 1.41 bits per heavy atom. The van der Waals surface area contributed by atoms with Gasteiger partial charge in [-0.05, 0) is 41.8 Å². The van der Waals surface area contributed by atoms with Crippen LogP contribution < -0.4 is 0 Å². The maximum Gasteiger partial charge on any atom is 0.201 e. The molecule has 110 valence electrons. The van der Waals surface area contributed by atoms with Gasteiger partial charge in [-0.25, -0.2) is 0 Å². The number of benzene rings is 2. The number of nitriles is 1. The van der Waals surface area contributed by atoms with E-state index in [1.165, 1.54) is 7.11 Å². The summed E-state index contributed by atoms with van der Waals surface area (Å²) < 4.78 is 5.11. The molecule has 0 amide bonds. The number of hydrogen-bond donors (Lipinski definition) is 0. The first-order valence-electron chi connectivity index (χ1n) is 7.03. The minimum Gasteiger partial charge on any atom is -0.486 e. The van der Waals surface area contributed by atoms with Crippen molar-refractivity contribution < 1.29 is 4.74 Å². The zero-order chi connectivity index (χ0) is 15.8. The molecule has 0 aliphatic heterocycles. The SMILES string of the molecule is COC(=S)C(C#N)=C(Cc1ccccc1)Cc1ccccc1. The van der Waals surface area contributed by atoms with E-state index in [9.17, 15) is 5.26 Å². The van der Waals surface area contributed by atoms with E-state index >= 15 is 0 Å². The molecule has 0 bridgehead atoms. The van der Waals surface area contributed by atoms with Gasteiger partial charge >= 0.3 is 0 Å². The van der Waals surface area contributed by atoms with E-state index < -0.39 is 0 Å². The molecule has 0 N–H and O–H groups in total. The maximum absolute atomic E-state index is 9.48. The molecule has 0 aliphatic carbocycles. The Bertz CT molecular complexity index is 656. The van der Waals surface area contributed by atoms with Gasteiger partial charge in [0.05, 0.1) is 7.11 Å². The lowest BCUT2D eigenvalue weighted by Gasteiger charge is -2.12. The number of allylic oxidation sites excluding steroid dienone is 1. The first-order chi connectivity index (χ1) is 10.7. The summed E-state index contributed by atoms with van der Waals surface area (Å²) in [5.41, 5.74) is 3.75. The van der Waals surface area contributed by atoms with Crippen LogP contribution in [0.15, 0.2) is 71.8 Å². The molecule has 0 unspecified atom stereocenters. The van der Waals surface area contributed by atoms with Crippen molar-refractivity contribution in [3.8, 4) is 6.07 Å². The molecule has 0 spiro atoms. The third-order valence-corrected chi connectivity index (χ3v) is 3.75. The van der Waals surface area contributed by atoms with Crippen molar-refractivity contribution in [3.63, 3.8) is 0 Å². The highest BCUT2D eigenvalue weighted by atomic mass is 32.1. The Morgan fingerprint density at radius 1 is 0.955 bits per heavy atom. The van der Waals surface area contributed by atoms with Gasteiger partial charge in [-0.2, -0.15) is 5.26 Å². The number of nitrogens with zero attached hydrogens (tertiary/aromatic N) is 1. The van der Waals surface area contributed by atoms with Crippen molar-refractivity contribution >= 4 is 17.3 Å². The van der Waals surface area contributed by atoms with E-state index in [2.05, 4.69) is 30.3 Å². The van der Waals surface area contributed by atoms with Gasteiger partial charge in [0.1, 0.15) is 11.6 Å². The fourth-order valence-electron chi connectivity index (χ4n) is 2.29. The van der Waals surface area contributed by atoms with Gasteiger partial charge in [0.2, 0.25) is 5.05 Å². The Kier molecular flexibility index (Phi) is 5.88. The second-order valence-corrected chi connectivity index (χ2v) is 5.28. The van der Waals surface area contributed by atoms with E-state index in [-0.39, 0.29) is 5.05 Å². The Morgan fingerprint density at radius 3 is 1.77 bits per heavy atom. The summed E-state index contributed by atoms with van der Waals surface area (Å²) in [5.74, 6) is 0. The Labute approximate surface area is 136 Å². The lowest BCUT2D eigenvalue weighted by Crippen LogP contribution is -2.08. The Hall–Kier alpha value is -2.44. The topological polar surface area (TPSA) is 33.0 Å². The van der Waals surface area contributed by atoms with Crippen LogP contribution in [0.2, 0.25) is 0 Å². The quantitative estimate of drug-likeness (QED) is 0.470. The van der Waals surface area contributed by atoms with Crippen LogP contribution in [0.1, 0.15) is 11.1 Å². The number of ether oxygens (including phenoxy) is 1. The summed E-state index contributed by atoms with van der Waals surface area (Å²) >= 11 is 5.18. The molecule has 22 heavy (non-hydrogen) atoms. The summed E-state index contributed by atoms with van der Waals surface area (Å²) in [5, 5.41) is 9.73. The third kappa shape index (κ3) is 4.28. The highest BCUT2D eigenvalue weighted by Gasteiger charge is 2.13. The molecule has 0 aliphatic rings. The van der Waals surface area contributed by atoms with Crippen molar-refractivity contribution in [2.75, 3.05) is 7.11 Å². The van der Waals surface area contributed by atoms with Crippen molar-refractivity contribution in [1.29, 1.82) is 5.26 Å². The largest absolute Gasteiger partial charge is 0.486 e. The smallest absolute Gasteiger partial charge is 0.201 e. The molecule has 3 heteroatoms. The molecular weight excluding hydrogens is 290 g/mol. The second kappa shape index (κ2) is 8.11. The molecule has 0 heterocycles. The minimum atomic E-state index is 0.254. The van der Waals surface area contributed by atoms with Gasteiger partial charge in [0.25, 0.3) is 0 Å². The van der Waals surface area contributed by atoms with E-state index in [0.29, 0.717) is 18.4 Å². The highest BCUT2D eigenvalue weighted by Crippen LogP contribution is 2.19. The molecule has 2 nitrogen and oxygen atoms in total. The number of rotatable bonds is 5. The van der Waals surface area contributed by atoms with Gasteiger partial charge in [0.15, 0.2) is 0 Å². The van der Waals surface area contributed by atoms with Crippen molar-refractivity contribution in [2.45, 2.75) is 12.8 Å². The fraction of sp³-hybridized carbons (Fsp3) is 0.158. The van der Waals surface area contributed by atoms with E-state index in [0.717, 1.165) is 16.7 Å². The standard InChI is InChI=1S/C19H17NOS/c1-21-19(22)18(14-20)17(12-15-8-4-2-5-9-15)13-16-10-6-3-7-11-16/h2-11H,12-13H2,1H3. The van der Waals surface area contributed by atoms with Crippen LogP contribution in [0.4, 0.5) is 0 Å². The van der Waals surface area contributed by atoms with Crippen molar-refractivity contribution in [1.82, 2.24) is 0 Å². The van der Waals surface area contributed by atoms with Gasteiger partial charge < -0.3 is 4.74 Å². The monoisotopic (exact) mass is 307 g/mol. The lowest BCUT2D eigenvalue weighted by atomic mass is 9.94. The first-order valence-corrected chi connectivity index (χ1v) is 7.43. The molecule has 0 aromatic heterocycles. The zero-order valence-corrected chi connectivity index (χ0v) is 13.3. The van der Waals surface area contributed by atoms with E-state index in [1.54, 1.807) is 0 Å². The predicted molar refractivity (Wildman–Crippen MR) is 92.5 cm³/mol. The van der Waals surface area contributed by atoms with Gasteiger partial charge in [-0.15, -0.1) is 0 Å². The van der Waals surface area contributed by atoms with Crippen molar-refractivity contribution in [3.05, 3.63) is 82.9 Å². The second-order valence-electron chi connectivity index (χ2n) is 4.91. The molecule has 0 saturated heterocycles. The molecule has 2 rings (SSSR count). The summed E-state index contributed by atoms with van der Waals surface area (Å²) in [6.07, 6.45) is 1.37. The molecule has 2 aromatic carbocycles. The molecule has 0 saturated carbocycles. The normalized spacial score (nSPS) is 9.64. The average Bonchev–Trinajstić information content (AvgIpc) is 2.57. The molecule has 0 radical (unpaired) electrons. The summed E-state index contributed by atoms with van der Waals surface area (Å²) in [4.78, 5) is 0. The lowest BCUT2D eigenvalue weighted by molar-refractivity contribution is 0.415. The van der Waals surface area contributed by atoms with Gasteiger partial charge in [-0.1, -0.05) is 60.7 Å². The summed E-state index contributed by atoms with van der Waals surface area (Å²) in [6, 6.07) is 22.4. The Balaban J connectivity index is 2.38. The fourth-order valence-corrected chi connectivity index (χ4v) is 2.48. The van der Waals surface area contributed by atoms with Crippen LogP contribution in [0.5, 0.6) is 0 Å².